The summed E-state index contributed by atoms with van der Waals surface area (Å²) in [6, 6.07) is 14.0. The van der Waals surface area contributed by atoms with E-state index in [0.29, 0.717) is 58.3 Å². The molecule has 1 aliphatic heterocycles. The summed E-state index contributed by atoms with van der Waals surface area (Å²) in [5.74, 6) is 1.81. The fourth-order valence-electron chi connectivity index (χ4n) is 3.79. The lowest BCUT2D eigenvalue weighted by Gasteiger charge is -2.29. The molecule has 1 unspecified atom stereocenters. The smallest absolute Gasteiger partial charge is 0.270 e. The number of nitriles is 1. The molecule has 168 valence electrons. The van der Waals surface area contributed by atoms with E-state index in [0.717, 1.165) is 5.56 Å². The highest BCUT2D eigenvalue weighted by molar-refractivity contribution is 5.75. The first kappa shape index (κ1) is 22.0. The van der Waals surface area contributed by atoms with Crippen LogP contribution in [0.3, 0.4) is 0 Å². The van der Waals surface area contributed by atoms with Gasteiger partial charge in [0.25, 0.3) is 5.69 Å². The molecule has 9 nitrogen and oxygen atoms in total. The zero-order valence-electron chi connectivity index (χ0n) is 18.4. The Morgan fingerprint density at radius 1 is 1.18 bits per heavy atom. The van der Waals surface area contributed by atoms with Crippen molar-refractivity contribution in [3.63, 3.8) is 0 Å². The molecule has 1 N–H and O–H groups in total. The molecule has 9 heteroatoms. The van der Waals surface area contributed by atoms with E-state index in [9.17, 15) is 15.4 Å². The average molecular weight is 446 g/mol. The molecule has 1 aromatic heterocycles. The van der Waals surface area contributed by atoms with Gasteiger partial charge in [-0.15, -0.1) is 0 Å². The second-order valence-corrected chi connectivity index (χ2v) is 7.50. The second kappa shape index (κ2) is 9.14. The largest absolute Gasteiger partial charge is 0.493 e. The Labute approximate surface area is 190 Å². The molecule has 1 aliphatic rings. The van der Waals surface area contributed by atoms with Crippen molar-refractivity contribution in [2.45, 2.75) is 19.6 Å². The van der Waals surface area contributed by atoms with Crippen LogP contribution < -0.4 is 19.5 Å². The number of fused-ring (bicyclic) bond motifs is 3. The Bertz CT molecular complexity index is 1270. The molecule has 3 aromatic rings. The number of hydrogen-bond acceptors (Lipinski definition) is 8. The quantitative estimate of drug-likeness (QED) is 0.426. The highest BCUT2D eigenvalue weighted by atomic mass is 16.6. The number of nitro benzene ring substituents is 1. The molecule has 1 atom stereocenters. The van der Waals surface area contributed by atoms with Crippen LogP contribution in [0.4, 0.5) is 5.69 Å². The van der Waals surface area contributed by atoms with Crippen molar-refractivity contribution < 1.29 is 19.1 Å². The lowest BCUT2D eigenvalue weighted by Crippen LogP contribution is -2.31. The van der Waals surface area contributed by atoms with Gasteiger partial charge in [-0.25, -0.2) is 0 Å². The van der Waals surface area contributed by atoms with Crippen LogP contribution in [0.1, 0.15) is 28.6 Å². The minimum atomic E-state index is -0.561. The van der Waals surface area contributed by atoms with Gasteiger partial charge in [-0.2, -0.15) is 5.26 Å². The van der Waals surface area contributed by atoms with E-state index in [1.165, 1.54) is 12.1 Å². The van der Waals surface area contributed by atoms with Gasteiger partial charge in [0.15, 0.2) is 17.7 Å². The van der Waals surface area contributed by atoms with Gasteiger partial charge in [-0.1, -0.05) is 6.07 Å². The number of benzene rings is 2. The molecule has 4 rings (SSSR count). The minimum absolute atomic E-state index is 0.0491. The Balaban J connectivity index is 1.61. The number of hydrogen-bond donors (Lipinski definition) is 1. The first-order valence-corrected chi connectivity index (χ1v) is 10.3. The van der Waals surface area contributed by atoms with Crippen molar-refractivity contribution in [2.75, 3.05) is 20.8 Å². The number of aromatic nitrogens is 1. The van der Waals surface area contributed by atoms with Crippen molar-refractivity contribution in [3.05, 3.63) is 75.0 Å². The summed E-state index contributed by atoms with van der Waals surface area (Å²) in [6.45, 7) is 2.31. The van der Waals surface area contributed by atoms with Gasteiger partial charge in [0.1, 0.15) is 11.8 Å². The van der Waals surface area contributed by atoms with Gasteiger partial charge in [-0.3, -0.25) is 20.4 Å². The summed E-state index contributed by atoms with van der Waals surface area (Å²) in [6.07, 6.45) is 0.127. The number of pyridine rings is 1. The number of methoxy groups -OCH3 is 2. The number of non-ortho nitro benzene ring substituents is 1. The average Bonchev–Trinajstić information content (AvgIpc) is 2.83. The molecule has 2 heterocycles. The number of nitro groups is 1. The van der Waals surface area contributed by atoms with Gasteiger partial charge in [0.05, 0.1) is 36.1 Å². The van der Waals surface area contributed by atoms with Crippen LogP contribution in [-0.4, -0.2) is 30.7 Å². The summed E-state index contributed by atoms with van der Waals surface area (Å²) in [5.41, 5.74) is 3.75. The molecule has 0 saturated carbocycles. The number of aryl methyl sites for hydroxylation is 1. The van der Waals surface area contributed by atoms with Crippen molar-refractivity contribution >= 4 is 5.69 Å². The maximum Gasteiger partial charge on any atom is 0.270 e. The van der Waals surface area contributed by atoms with Gasteiger partial charge in [-0.05, 0) is 43.2 Å². The predicted molar refractivity (Wildman–Crippen MR) is 120 cm³/mol. The number of nitrogens with one attached hydrogen (secondary N) is 1. The molecule has 0 radical (unpaired) electrons. The van der Waals surface area contributed by atoms with Crippen molar-refractivity contribution in [2.24, 2.45) is 0 Å². The van der Waals surface area contributed by atoms with Crippen molar-refractivity contribution in [3.8, 4) is 34.6 Å². The Morgan fingerprint density at radius 2 is 1.97 bits per heavy atom. The summed E-state index contributed by atoms with van der Waals surface area (Å²) in [5, 5.41) is 24.1. The normalized spacial score (nSPS) is 13.8. The first-order valence-electron chi connectivity index (χ1n) is 10.3. The monoisotopic (exact) mass is 446 g/mol. The third-order valence-corrected chi connectivity index (χ3v) is 5.51. The molecule has 0 aliphatic carbocycles. The van der Waals surface area contributed by atoms with Gasteiger partial charge in [0.2, 0.25) is 0 Å². The highest BCUT2D eigenvalue weighted by Gasteiger charge is 2.29. The predicted octanol–water partition coefficient (Wildman–Crippen LogP) is 4.08. The van der Waals surface area contributed by atoms with Crippen molar-refractivity contribution in [1.29, 1.82) is 5.26 Å². The first-order chi connectivity index (χ1) is 15.9. The zero-order chi connectivity index (χ0) is 23.5. The molecule has 0 bridgehead atoms. The summed E-state index contributed by atoms with van der Waals surface area (Å²) in [4.78, 5) is 15.4. The molecule has 0 fully saturated rings. The minimum Gasteiger partial charge on any atom is -0.493 e. The standard InChI is InChI=1S/C24H22N4O5/c1-14-16(13-25)11-19-23(27-14)18-12-17(28(29)30)5-7-20(18)33-24(19)26-9-8-15-4-6-21(31-2)22(10-15)32-3/h4-7,10-12,24,26H,8-9H2,1-3H3. The van der Waals surface area contributed by atoms with Gasteiger partial charge < -0.3 is 14.2 Å². The molecule has 0 spiro atoms. The van der Waals surface area contributed by atoms with E-state index in [4.69, 9.17) is 14.2 Å². The second-order valence-electron chi connectivity index (χ2n) is 7.50. The molecule has 33 heavy (non-hydrogen) atoms. The van der Waals surface area contributed by atoms with Crippen LogP contribution in [0, 0.1) is 28.4 Å². The summed E-state index contributed by atoms with van der Waals surface area (Å²) < 4.78 is 16.8. The fraction of sp³-hybridized carbons (Fsp3) is 0.250. The molecular formula is C24H22N4O5. The van der Waals surface area contributed by atoms with Crippen LogP contribution >= 0.6 is 0 Å². The number of nitrogens with zero attached hydrogens (tertiary/aromatic N) is 3. The third-order valence-electron chi connectivity index (χ3n) is 5.51. The highest BCUT2D eigenvalue weighted by Crippen LogP contribution is 2.42. The van der Waals surface area contributed by atoms with E-state index >= 15 is 0 Å². The zero-order valence-corrected chi connectivity index (χ0v) is 18.4. The van der Waals surface area contributed by atoms with Crippen molar-refractivity contribution in [1.82, 2.24) is 10.3 Å². The van der Waals surface area contributed by atoms with E-state index in [2.05, 4.69) is 16.4 Å². The van der Waals surface area contributed by atoms with Crippen LogP contribution in [0.15, 0.2) is 42.5 Å². The maximum absolute atomic E-state index is 11.3. The lowest BCUT2D eigenvalue weighted by atomic mass is 9.97. The fourth-order valence-corrected chi connectivity index (χ4v) is 3.79. The summed E-state index contributed by atoms with van der Waals surface area (Å²) >= 11 is 0. The third kappa shape index (κ3) is 4.29. The molecule has 0 saturated heterocycles. The van der Waals surface area contributed by atoms with Crippen LogP contribution in [-0.2, 0) is 6.42 Å². The molecular weight excluding hydrogens is 424 g/mol. The Morgan fingerprint density at radius 3 is 2.67 bits per heavy atom. The molecule has 2 aromatic carbocycles. The van der Waals surface area contributed by atoms with E-state index in [-0.39, 0.29) is 5.69 Å². The molecule has 0 amide bonds. The van der Waals surface area contributed by atoms with E-state index in [1.54, 1.807) is 33.3 Å². The Hall–Kier alpha value is -4.16. The van der Waals surface area contributed by atoms with Crippen LogP contribution in [0.2, 0.25) is 0 Å². The number of rotatable bonds is 7. The SMILES string of the molecule is COc1ccc(CCNC2Oc3ccc([N+](=O)[O-])cc3-c3nc(C)c(C#N)cc32)cc1OC. The summed E-state index contributed by atoms with van der Waals surface area (Å²) in [7, 11) is 3.19. The van der Waals surface area contributed by atoms with E-state index < -0.39 is 11.2 Å². The van der Waals surface area contributed by atoms with Gasteiger partial charge >= 0.3 is 0 Å². The number of ether oxygens (including phenoxy) is 3. The van der Waals surface area contributed by atoms with Crippen LogP contribution in [0.5, 0.6) is 17.2 Å². The lowest BCUT2D eigenvalue weighted by molar-refractivity contribution is -0.384. The Kier molecular flexibility index (Phi) is 6.11. The van der Waals surface area contributed by atoms with Gasteiger partial charge in [0, 0.05) is 29.8 Å². The topological polar surface area (TPSA) is 120 Å². The van der Waals surface area contributed by atoms with E-state index in [1.807, 2.05) is 18.2 Å². The maximum atomic E-state index is 11.3. The van der Waals surface area contributed by atoms with Crippen LogP contribution in [0.25, 0.3) is 11.3 Å².